The highest BCUT2D eigenvalue weighted by atomic mass is 32.2. The topological polar surface area (TPSA) is 9.23 Å². The average Bonchev–Trinajstić information content (AvgIpc) is 2.55. The molecule has 0 N–H and O–H groups in total. The zero-order chi connectivity index (χ0) is 19.5. The van der Waals surface area contributed by atoms with Gasteiger partial charge in [-0.1, -0.05) is 63.7 Å². The first-order valence-electron chi connectivity index (χ1n) is 11.1. The summed E-state index contributed by atoms with van der Waals surface area (Å²) >= 11 is 2.05. The highest BCUT2D eigenvalue weighted by Gasteiger charge is 2.02. The molecule has 154 valence electrons. The van der Waals surface area contributed by atoms with Crippen molar-refractivity contribution in [3.8, 4) is 11.8 Å². The Labute approximate surface area is 169 Å². The summed E-state index contributed by atoms with van der Waals surface area (Å²) < 4.78 is 5.55. The second kappa shape index (κ2) is 18.2. The van der Waals surface area contributed by atoms with Gasteiger partial charge < -0.3 is 4.74 Å². The van der Waals surface area contributed by atoms with Gasteiger partial charge in [-0.05, 0) is 53.2 Å². The lowest BCUT2D eigenvalue weighted by atomic mass is 9.97. The summed E-state index contributed by atoms with van der Waals surface area (Å²) in [7, 11) is 0. The molecular weight excluding hydrogens is 336 g/mol. The molecule has 0 aromatic carbocycles. The lowest BCUT2D eigenvalue weighted by molar-refractivity contribution is 0.0920. The van der Waals surface area contributed by atoms with Crippen LogP contribution >= 0.6 is 11.8 Å². The molecule has 1 nitrogen and oxygen atoms in total. The van der Waals surface area contributed by atoms with Crippen LogP contribution in [-0.4, -0.2) is 24.2 Å². The minimum Gasteiger partial charge on any atom is -0.378 e. The van der Waals surface area contributed by atoms with Crippen LogP contribution in [0, 0.1) is 17.3 Å². The fraction of sp³-hybridized carbons (Fsp3) is 0.917. The molecular formula is C24H46OS. The Bertz CT molecular complexity index is 345. The first-order valence-corrected chi connectivity index (χ1v) is 12.3. The predicted octanol–water partition coefficient (Wildman–Crippen LogP) is 7.88. The number of unbranched alkanes of at least 4 members (excludes halogenated alkanes) is 11. The van der Waals surface area contributed by atoms with E-state index in [2.05, 4.69) is 46.5 Å². The van der Waals surface area contributed by atoms with Crippen LogP contribution < -0.4 is 0 Å². The summed E-state index contributed by atoms with van der Waals surface area (Å²) in [6.07, 6.45) is 16.9. The Hall–Kier alpha value is -0.130. The fourth-order valence-electron chi connectivity index (χ4n) is 2.78. The van der Waals surface area contributed by atoms with Gasteiger partial charge in [-0.25, -0.2) is 0 Å². The van der Waals surface area contributed by atoms with Gasteiger partial charge in [0.1, 0.15) is 0 Å². The maximum Gasteiger partial charge on any atom is 0.0560 e. The number of hydrogen-bond donors (Lipinski definition) is 0. The van der Waals surface area contributed by atoms with Gasteiger partial charge >= 0.3 is 0 Å². The molecule has 0 heterocycles. The highest BCUT2D eigenvalue weighted by molar-refractivity contribution is 7.99. The quantitative estimate of drug-likeness (QED) is 0.187. The van der Waals surface area contributed by atoms with Gasteiger partial charge in [0.25, 0.3) is 0 Å². The Morgan fingerprint density at radius 3 is 1.73 bits per heavy atom. The van der Waals surface area contributed by atoms with Gasteiger partial charge in [-0.2, -0.15) is 11.8 Å². The van der Waals surface area contributed by atoms with Crippen molar-refractivity contribution in [1.29, 1.82) is 0 Å². The molecule has 0 fully saturated rings. The maximum atomic E-state index is 5.55. The van der Waals surface area contributed by atoms with Crippen LogP contribution in [0.2, 0.25) is 0 Å². The molecule has 0 saturated carbocycles. The number of rotatable bonds is 17. The maximum absolute atomic E-state index is 5.55. The van der Waals surface area contributed by atoms with Crippen molar-refractivity contribution < 1.29 is 4.74 Å². The molecule has 0 aliphatic heterocycles. The third kappa shape index (κ3) is 23.9. The lowest BCUT2D eigenvalue weighted by Gasteiger charge is -2.07. The Morgan fingerprint density at radius 2 is 1.23 bits per heavy atom. The molecule has 0 aromatic heterocycles. The number of hydrogen-bond acceptors (Lipinski definition) is 2. The minimum atomic E-state index is 0.168. The Morgan fingerprint density at radius 1 is 0.731 bits per heavy atom. The van der Waals surface area contributed by atoms with E-state index < -0.39 is 0 Å². The largest absolute Gasteiger partial charge is 0.378 e. The van der Waals surface area contributed by atoms with Crippen LogP contribution in [0.3, 0.4) is 0 Å². The van der Waals surface area contributed by atoms with Crippen molar-refractivity contribution in [1.82, 2.24) is 0 Å². The first kappa shape index (κ1) is 25.9. The van der Waals surface area contributed by atoms with Gasteiger partial charge in [-0.15, -0.1) is 5.92 Å². The monoisotopic (exact) mass is 382 g/mol. The molecule has 0 atom stereocenters. The minimum absolute atomic E-state index is 0.168. The Kier molecular flexibility index (Phi) is 18.2. The third-order valence-corrected chi connectivity index (χ3v) is 5.27. The standard InChI is InChI=1S/C24H46OS/c1-23(2)25-20-22-26-21-18-16-14-12-10-8-6-7-9-11-13-15-17-19-24(3,4)5/h23H,6-16,18,20-22H2,1-5H3. The van der Waals surface area contributed by atoms with Crippen molar-refractivity contribution in [3.05, 3.63) is 0 Å². The molecule has 0 saturated heterocycles. The van der Waals surface area contributed by atoms with Crippen LogP contribution in [0.1, 0.15) is 112 Å². The fourth-order valence-corrected chi connectivity index (χ4v) is 3.61. The number of ether oxygens (including phenoxy) is 1. The van der Waals surface area contributed by atoms with Gasteiger partial charge in [-0.3, -0.25) is 0 Å². The van der Waals surface area contributed by atoms with E-state index in [-0.39, 0.29) is 5.41 Å². The van der Waals surface area contributed by atoms with Crippen LogP contribution in [0.4, 0.5) is 0 Å². The van der Waals surface area contributed by atoms with Gasteiger partial charge in [0.15, 0.2) is 0 Å². The molecule has 0 aromatic rings. The van der Waals surface area contributed by atoms with Crippen molar-refractivity contribution in [3.63, 3.8) is 0 Å². The molecule has 0 aliphatic rings. The van der Waals surface area contributed by atoms with Crippen LogP contribution in [0.15, 0.2) is 0 Å². The summed E-state index contributed by atoms with van der Waals surface area (Å²) in [6, 6.07) is 0. The molecule has 0 aliphatic carbocycles. The highest BCUT2D eigenvalue weighted by Crippen LogP contribution is 2.14. The van der Waals surface area contributed by atoms with E-state index >= 15 is 0 Å². The molecule has 0 bridgehead atoms. The molecule has 0 rings (SSSR count). The van der Waals surface area contributed by atoms with Crippen LogP contribution in [-0.2, 0) is 4.74 Å². The van der Waals surface area contributed by atoms with E-state index in [1.54, 1.807) is 0 Å². The number of thioether (sulfide) groups is 1. The van der Waals surface area contributed by atoms with Crippen molar-refractivity contribution in [2.75, 3.05) is 18.1 Å². The summed E-state index contributed by atoms with van der Waals surface area (Å²) in [5, 5.41) is 0. The zero-order valence-corrected chi connectivity index (χ0v) is 19.3. The van der Waals surface area contributed by atoms with Crippen molar-refractivity contribution >= 4 is 11.8 Å². The molecule has 0 radical (unpaired) electrons. The molecule has 0 spiro atoms. The van der Waals surface area contributed by atoms with E-state index in [9.17, 15) is 0 Å². The lowest BCUT2D eigenvalue weighted by Crippen LogP contribution is -2.05. The second-order valence-corrected chi connectivity index (χ2v) is 9.95. The SMILES string of the molecule is CC(C)OCCSCCCCCCCCCCCCCC#CC(C)(C)C. The van der Waals surface area contributed by atoms with Crippen LogP contribution in [0.25, 0.3) is 0 Å². The van der Waals surface area contributed by atoms with E-state index in [1.165, 1.54) is 76.4 Å². The second-order valence-electron chi connectivity index (χ2n) is 8.72. The smallest absolute Gasteiger partial charge is 0.0560 e. The van der Waals surface area contributed by atoms with E-state index in [4.69, 9.17) is 4.74 Å². The molecule has 0 unspecified atom stereocenters. The predicted molar refractivity (Wildman–Crippen MR) is 121 cm³/mol. The summed E-state index contributed by atoms with van der Waals surface area (Å²) in [4.78, 5) is 0. The van der Waals surface area contributed by atoms with Gasteiger partial charge in [0, 0.05) is 17.6 Å². The van der Waals surface area contributed by atoms with Gasteiger partial charge in [0.2, 0.25) is 0 Å². The molecule has 26 heavy (non-hydrogen) atoms. The summed E-state index contributed by atoms with van der Waals surface area (Å²) in [5.41, 5.74) is 0.168. The van der Waals surface area contributed by atoms with Crippen LogP contribution in [0.5, 0.6) is 0 Å². The van der Waals surface area contributed by atoms with Gasteiger partial charge in [0.05, 0.1) is 12.7 Å². The zero-order valence-electron chi connectivity index (χ0n) is 18.5. The van der Waals surface area contributed by atoms with E-state index in [1.807, 2.05) is 11.8 Å². The van der Waals surface area contributed by atoms with E-state index in [0.29, 0.717) is 6.10 Å². The molecule has 0 amide bonds. The normalized spacial score (nSPS) is 11.6. The Balaban J connectivity index is 3.10. The third-order valence-electron chi connectivity index (χ3n) is 4.23. The summed E-state index contributed by atoms with van der Waals surface area (Å²) in [6.45, 7) is 11.7. The molecule has 2 heteroatoms. The average molecular weight is 383 g/mol. The van der Waals surface area contributed by atoms with Crippen molar-refractivity contribution in [2.45, 2.75) is 118 Å². The summed E-state index contributed by atoms with van der Waals surface area (Å²) in [5.74, 6) is 9.10. The van der Waals surface area contributed by atoms with Crippen molar-refractivity contribution in [2.24, 2.45) is 5.41 Å². The first-order chi connectivity index (χ1) is 12.4. The van der Waals surface area contributed by atoms with E-state index in [0.717, 1.165) is 18.8 Å².